The Bertz CT molecular complexity index is 1090. The Balaban J connectivity index is 1.47. The van der Waals surface area contributed by atoms with Gasteiger partial charge in [0, 0.05) is 37.9 Å². The maximum atomic E-state index is 13.6. The van der Waals surface area contributed by atoms with Crippen LogP contribution in [0.25, 0.3) is 0 Å². The number of methoxy groups -OCH3 is 1. The molecule has 1 aliphatic heterocycles. The van der Waals surface area contributed by atoms with E-state index in [0.29, 0.717) is 37.1 Å². The first-order valence-electron chi connectivity index (χ1n) is 11.3. The lowest BCUT2D eigenvalue weighted by Crippen LogP contribution is -2.35. The summed E-state index contributed by atoms with van der Waals surface area (Å²) >= 11 is 0. The molecule has 3 aromatic rings. The highest BCUT2D eigenvalue weighted by atomic mass is 16.5. The third-order valence-electron chi connectivity index (χ3n) is 6.09. The molecule has 0 radical (unpaired) electrons. The molecule has 32 heavy (non-hydrogen) atoms. The van der Waals surface area contributed by atoms with E-state index < -0.39 is 0 Å². The molecule has 0 spiro atoms. The summed E-state index contributed by atoms with van der Waals surface area (Å²) in [6.07, 6.45) is 2.45. The van der Waals surface area contributed by atoms with Gasteiger partial charge in [-0.25, -0.2) is 4.98 Å². The summed E-state index contributed by atoms with van der Waals surface area (Å²) in [5, 5.41) is 6.84. The Labute approximate surface area is 188 Å². The summed E-state index contributed by atoms with van der Waals surface area (Å²) in [6, 6.07) is 18.1. The van der Waals surface area contributed by atoms with Crippen LogP contribution in [0.15, 0.2) is 54.6 Å². The lowest BCUT2D eigenvalue weighted by Gasteiger charge is -2.21. The lowest BCUT2D eigenvalue weighted by molar-refractivity contribution is 0.0749. The Hall–Kier alpha value is -3.48. The lowest BCUT2D eigenvalue weighted by atomic mass is 10.2. The molecule has 7 nitrogen and oxygen atoms in total. The van der Waals surface area contributed by atoms with Crippen LogP contribution in [-0.4, -0.2) is 47.1 Å². The van der Waals surface area contributed by atoms with Gasteiger partial charge in [0.1, 0.15) is 11.6 Å². The molecule has 0 saturated heterocycles. The van der Waals surface area contributed by atoms with E-state index in [0.717, 1.165) is 35.9 Å². The normalized spacial score (nSPS) is 15.7. The number of hydrogen-bond donors (Lipinski definition) is 2. The van der Waals surface area contributed by atoms with E-state index in [1.165, 1.54) is 12.8 Å². The second-order valence-corrected chi connectivity index (χ2v) is 8.50. The first-order valence-corrected chi connectivity index (χ1v) is 11.3. The summed E-state index contributed by atoms with van der Waals surface area (Å²) < 4.78 is 7.40. The molecule has 5 rings (SSSR count). The van der Waals surface area contributed by atoms with Gasteiger partial charge in [0.25, 0.3) is 5.91 Å². The van der Waals surface area contributed by atoms with E-state index in [1.807, 2.05) is 47.4 Å². The van der Waals surface area contributed by atoms with Crippen LogP contribution in [0.5, 0.6) is 5.75 Å². The van der Waals surface area contributed by atoms with Crippen LogP contribution in [0.2, 0.25) is 0 Å². The molecule has 2 aromatic carbocycles. The van der Waals surface area contributed by atoms with Crippen molar-refractivity contribution in [3.8, 4) is 5.75 Å². The molecule has 2 heterocycles. The second kappa shape index (κ2) is 8.94. The van der Waals surface area contributed by atoms with Gasteiger partial charge >= 0.3 is 0 Å². The Kier molecular flexibility index (Phi) is 5.71. The molecule has 0 bridgehead atoms. The van der Waals surface area contributed by atoms with Crippen LogP contribution in [0.4, 0.5) is 11.5 Å². The molecule has 2 N–H and O–H groups in total. The number of ether oxygens (including phenoxy) is 1. The molecular weight excluding hydrogens is 402 g/mol. The summed E-state index contributed by atoms with van der Waals surface area (Å²) in [7, 11) is 1.66. The van der Waals surface area contributed by atoms with Crippen LogP contribution in [0, 0.1) is 5.92 Å². The van der Waals surface area contributed by atoms with Crippen molar-refractivity contribution < 1.29 is 9.53 Å². The number of hydrogen-bond acceptors (Lipinski definition) is 5. The van der Waals surface area contributed by atoms with Crippen LogP contribution >= 0.6 is 0 Å². The third-order valence-corrected chi connectivity index (χ3v) is 6.09. The topological polar surface area (TPSA) is 71.4 Å². The zero-order valence-corrected chi connectivity index (χ0v) is 18.4. The van der Waals surface area contributed by atoms with Crippen molar-refractivity contribution in [2.75, 3.05) is 37.4 Å². The zero-order chi connectivity index (χ0) is 21.9. The van der Waals surface area contributed by atoms with Crippen LogP contribution in [0.1, 0.15) is 34.7 Å². The van der Waals surface area contributed by atoms with Gasteiger partial charge in [0.05, 0.1) is 13.7 Å². The fraction of sp³-hybridized carbons (Fsp3) is 0.360. The van der Waals surface area contributed by atoms with Crippen molar-refractivity contribution in [1.82, 2.24) is 14.5 Å². The molecule has 1 saturated carbocycles. The second-order valence-electron chi connectivity index (χ2n) is 8.50. The van der Waals surface area contributed by atoms with E-state index in [9.17, 15) is 4.79 Å². The molecule has 1 amide bonds. The number of nitrogens with zero attached hydrogens (tertiary/aromatic N) is 3. The fourth-order valence-corrected chi connectivity index (χ4v) is 4.17. The predicted octanol–water partition coefficient (Wildman–Crippen LogP) is 3.83. The van der Waals surface area contributed by atoms with Crippen LogP contribution < -0.4 is 15.4 Å². The highest BCUT2D eigenvalue weighted by molar-refractivity contribution is 5.98. The summed E-state index contributed by atoms with van der Waals surface area (Å²) in [5.74, 6) is 3.04. The number of benzene rings is 2. The quantitative estimate of drug-likeness (QED) is 0.567. The van der Waals surface area contributed by atoms with E-state index in [1.54, 1.807) is 7.11 Å². The number of fused-ring (bicyclic) bond motifs is 1. The number of carbonyl (C=O) groups excluding carboxylic acids is 1. The predicted molar refractivity (Wildman–Crippen MR) is 125 cm³/mol. The minimum atomic E-state index is 0.0768. The van der Waals surface area contributed by atoms with Crippen molar-refractivity contribution in [3.05, 3.63) is 71.7 Å². The van der Waals surface area contributed by atoms with Crippen molar-refractivity contribution in [2.45, 2.75) is 25.9 Å². The molecule has 0 unspecified atom stereocenters. The Morgan fingerprint density at radius 1 is 1.16 bits per heavy atom. The van der Waals surface area contributed by atoms with E-state index in [-0.39, 0.29) is 5.91 Å². The van der Waals surface area contributed by atoms with Gasteiger partial charge < -0.3 is 24.8 Å². The number of rotatable bonds is 8. The standard InChI is InChI=1S/C25H29N5O2/c1-32-21-9-5-8-20(14-21)27-15-22-28-24-23(30(22)17-18-6-3-2-4-7-18)25(31)29(13-12-26-24)16-19-10-11-19/h2-9,14,19,26-27H,10-13,15-17H2,1H3. The third kappa shape index (κ3) is 4.42. The van der Waals surface area contributed by atoms with E-state index in [4.69, 9.17) is 9.72 Å². The highest BCUT2D eigenvalue weighted by Crippen LogP contribution is 2.32. The van der Waals surface area contributed by atoms with Crippen LogP contribution in [0.3, 0.4) is 0 Å². The number of carbonyl (C=O) groups is 1. The van der Waals surface area contributed by atoms with Crippen molar-refractivity contribution in [1.29, 1.82) is 0 Å². The van der Waals surface area contributed by atoms with Gasteiger partial charge in [0.2, 0.25) is 0 Å². The minimum absolute atomic E-state index is 0.0768. The average Bonchev–Trinajstić information content (AvgIpc) is 3.60. The summed E-state index contributed by atoms with van der Waals surface area (Å²) in [5.41, 5.74) is 2.75. The first kappa shape index (κ1) is 20.4. The number of anilines is 2. The van der Waals surface area contributed by atoms with E-state index >= 15 is 0 Å². The largest absolute Gasteiger partial charge is 0.497 e. The maximum Gasteiger partial charge on any atom is 0.274 e. The fourth-order valence-electron chi connectivity index (χ4n) is 4.17. The molecule has 0 atom stereocenters. The van der Waals surface area contributed by atoms with Gasteiger partial charge in [-0.15, -0.1) is 0 Å². The highest BCUT2D eigenvalue weighted by Gasteiger charge is 2.33. The molecule has 7 heteroatoms. The minimum Gasteiger partial charge on any atom is -0.497 e. The number of imidazole rings is 1. The zero-order valence-electron chi connectivity index (χ0n) is 18.4. The smallest absolute Gasteiger partial charge is 0.274 e. The number of nitrogens with one attached hydrogen (secondary N) is 2. The molecule has 1 fully saturated rings. The van der Waals surface area contributed by atoms with Crippen molar-refractivity contribution >= 4 is 17.4 Å². The molecule has 1 aromatic heterocycles. The van der Waals surface area contributed by atoms with Crippen molar-refractivity contribution in [2.24, 2.45) is 5.92 Å². The van der Waals surface area contributed by atoms with Crippen LogP contribution in [-0.2, 0) is 13.1 Å². The van der Waals surface area contributed by atoms with Crippen molar-refractivity contribution in [3.63, 3.8) is 0 Å². The first-order chi connectivity index (χ1) is 15.7. The van der Waals surface area contributed by atoms with Gasteiger partial charge in [-0.2, -0.15) is 0 Å². The average molecular weight is 432 g/mol. The Morgan fingerprint density at radius 2 is 2.00 bits per heavy atom. The SMILES string of the molecule is COc1cccc(NCc2nc3c(n2Cc2ccccc2)C(=O)N(CC2CC2)CCN3)c1. The van der Waals surface area contributed by atoms with Gasteiger partial charge in [-0.1, -0.05) is 36.4 Å². The maximum absolute atomic E-state index is 13.6. The summed E-state index contributed by atoms with van der Waals surface area (Å²) in [4.78, 5) is 20.4. The molecular formula is C25H29N5O2. The molecule has 166 valence electrons. The van der Waals surface area contributed by atoms with Gasteiger partial charge in [-0.3, -0.25) is 4.79 Å². The number of aromatic nitrogens is 2. The molecule has 2 aliphatic rings. The summed E-state index contributed by atoms with van der Waals surface area (Å²) in [6.45, 7) is 3.38. The van der Waals surface area contributed by atoms with Gasteiger partial charge in [0.15, 0.2) is 11.5 Å². The monoisotopic (exact) mass is 431 g/mol. The number of amides is 1. The molecule has 1 aliphatic carbocycles. The van der Waals surface area contributed by atoms with E-state index in [2.05, 4.69) is 27.3 Å². The van der Waals surface area contributed by atoms with Gasteiger partial charge in [-0.05, 0) is 36.5 Å². The Morgan fingerprint density at radius 3 is 2.78 bits per heavy atom.